The molecule has 2 N–H and O–H groups in total. The molecular weight excluding hydrogens is 403 g/mol. The van der Waals surface area contributed by atoms with Crippen LogP contribution in [0.25, 0.3) is 11.6 Å². The normalized spacial score (nSPS) is 15.2. The molecule has 2 aromatic heterocycles. The van der Waals surface area contributed by atoms with Crippen molar-refractivity contribution in [1.29, 1.82) is 0 Å². The zero-order valence-corrected chi connectivity index (χ0v) is 15.8. The minimum atomic E-state index is -0.488. The van der Waals surface area contributed by atoms with Crippen LogP contribution < -0.4 is 10.5 Å². The van der Waals surface area contributed by atoms with Gasteiger partial charge < -0.3 is 19.5 Å². The highest BCUT2D eigenvalue weighted by molar-refractivity contribution is 6.37. The molecule has 10 heteroatoms. The number of ether oxygens (including phenoxy) is 1. The summed E-state index contributed by atoms with van der Waals surface area (Å²) < 4.78 is 16.1. The van der Waals surface area contributed by atoms with Crippen molar-refractivity contribution >= 4 is 35.6 Å². The average molecular weight is 418 g/mol. The van der Waals surface area contributed by atoms with E-state index in [0.717, 1.165) is 19.3 Å². The SMILES string of the molecule is Cl.NC1(c2noc(-c3cc(COc4c(Cl)cccc4Cl)on3)n2)CCC1. The van der Waals surface area contributed by atoms with Gasteiger partial charge in [0.1, 0.15) is 6.61 Å². The molecular formula is C16H15Cl3N4O3. The first kappa shape index (κ1) is 19.0. The largest absolute Gasteiger partial charge is 0.482 e. The Labute approximate surface area is 165 Å². The minimum absolute atomic E-state index is 0. The molecule has 1 aliphatic rings. The first-order valence-corrected chi connectivity index (χ1v) is 8.47. The predicted octanol–water partition coefficient (Wildman–Crippen LogP) is 4.37. The van der Waals surface area contributed by atoms with E-state index in [0.29, 0.717) is 33.1 Å². The van der Waals surface area contributed by atoms with Crippen LogP contribution in [-0.4, -0.2) is 15.3 Å². The second-order valence-electron chi connectivity index (χ2n) is 5.95. The van der Waals surface area contributed by atoms with Gasteiger partial charge in [-0.15, -0.1) is 12.4 Å². The van der Waals surface area contributed by atoms with Gasteiger partial charge in [0.2, 0.25) is 0 Å². The first-order valence-electron chi connectivity index (χ1n) is 7.71. The Bertz CT molecular complexity index is 888. The molecule has 2 heterocycles. The van der Waals surface area contributed by atoms with E-state index >= 15 is 0 Å². The van der Waals surface area contributed by atoms with E-state index in [-0.39, 0.29) is 24.9 Å². The third-order valence-corrected chi connectivity index (χ3v) is 4.77. The smallest absolute Gasteiger partial charge is 0.280 e. The number of halogens is 3. The molecule has 0 spiro atoms. The molecule has 138 valence electrons. The van der Waals surface area contributed by atoms with Gasteiger partial charge in [0, 0.05) is 6.07 Å². The average Bonchev–Trinajstić information content (AvgIpc) is 3.21. The highest BCUT2D eigenvalue weighted by Crippen LogP contribution is 2.37. The van der Waals surface area contributed by atoms with Gasteiger partial charge in [-0.1, -0.05) is 39.6 Å². The van der Waals surface area contributed by atoms with Crippen LogP contribution in [0.15, 0.2) is 33.3 Å². The summed E-state index contributed by atoms with van der Waals surface area (Å²) in [6.45, 7) is 0.109. The van der Waals surface area contributed by atoms with Crippen LogP contribution in [0, 0.1) is 0 Å². The number of benzene rings is 1. The molecule has 1 aliphatic carbocycles. The minimum Gasteiger partial charge on any atom is -0.482 e. The monoisotopic (exact) mass is 416 g/mol. The summed E-state index contributed by atoms with van der Waals surface area (Å²) in [4.78, 5) is 4.33. The maximum Gasteiger partial charge on any atom is 0.280 e. The number of hydrogen-bond donors (Lipinski definition) is 1. The standard InChI is InChI=1S/C16H14Cl2N4O3.ClH/c17-10-3-1-4-11(18)13(10)23-8-9-7-12(21-24-9)14-20-15(22-25-14)16(19)5-2-6-16;/h1,3-4,7H,2,5-6,8,19H2;1H. The number of rotatable bonds is 5. The number of aromatic nitrogens is 3. The van der Waals surface area contributed by atoms with Crippen LogP contribution in [0.3, 0.4) is 0 Å². The second kappa shape index (κ2) is 7.44. The number of nitrogens with two attached hydrogens (primary N) is 1. The van der Waals surface area contributed by atoms with Crippen molar-refractivity contribution < 1.29 is 13.8 Å². The quantitative estimate of drug-likeness (QED) is 0.657. The fourth-order valence-corrected chi connectivity index (χ4v) is 3.06. The molecule has 0 aliphatic heterocycles. The molecule has 26 heavy (non-hydrogen) atoms. The van der Waals surface area contributed by atoms with Crippen LogP contribution in [0.1, 0.15) is 30.8 Å². The summed E-state index contributed by atoms with van der Waals surface area (Å²) >= 11 is 12.1. The molecule has 7 nitrogen and oxygen atoms in total. The van der Waals surface area contributed by atoms with E-state index < -0.39 is 5.54 Å². The van der Waals surface area contributed by atoms with Gasteiger partial charge in [0.25, 0.3) is 5.89 Å². The van der Waals surface area contributed by atoms with Crippen LogP contribution in [0.5, 0.6) is 5.75 Å². The van der Waals surface area contributed by atoms with Crippen molar-refractivity contribution in [2.24, 2.45) is 5.73 Å². The van der Waals surface area contributed by atoms with Gasteiger partial charge in [0.15, 0.2) is 23.0 Å². The van der Waals surface area contributed by atoms with Crippen molar-refractivity contribution in [3.63, 3.8) is 0 Å². The topological polar surface area (TPSA) is 100 Å². The molecule has 1 fully saturated rings. The Balaban J connectivity index is 0.00000196. The Hall–Kier alpha value is -1.80. The Morgan fingerprint density at radius 2 is 1.88 bits per heavy atom. The molecule has 3 aromatic rings. The van der Waals surface area contributed by atoms with Crippen LogP contribution >= 0.6 is 35.6 Å². The summed E-state index contributed by atoms with van der Waals surface area (Å²) in [5, 5.41) is 8.72. The third kappa shape index (κ3) is 3.53. The summed E-state index contributed by atoms with van der Waals surface area (Å²) in [5.74, 6) is 1.62. The molecule has 1 saturated carbocycles. The Kier molecular flexibility index (Phi) is 5.43. The molecule has 0 amide bonds. The zero-order valence-electron chi connectivity index (χ0n) is 13.4. The predicted molar refractivity (Wildman–Crippen MR) is 97.6 cm³/mol. The zero-order chi connectivity index (χ0) is 17.4. The van der Waals surface area contributed by atoms with Crippen LogP contribution in [0.4, 0.5) is 0 Å². The van der Waals surface area contributed by atoms with Gasteiger partial charge in [-0.25, -0.2) is 0 Å². The molecule has 0 saturated heterocycles. The maximum atomic E-state index is 6.19. The Morgan fingerprint density at radius 1 is 1.15 bits per heavy atom. The van der Waals surface area contributed by atoms with E-state index in [9.17, 15) is 0 Å². The highest BCUT2D eigenvalue weighted by atomic mass is 35.5. The molecule has 1 aromatic carbocycles. The molecule has 0 bridgehead atoms. The van der Waals surface area contributed by atoms with E-state index in [2.05, 4.69) is 15.3 Å². The Morgan fingerprint density at radius 3 is 2.54 bits per heavy atom. The fourth-order valence-electron chi connectivity index (χ4n) is 2.56. The van der Waals surface area contributed by atoms with E-state index in [1.54, 1.807) is 24.3 Å². The summed E-state index contributed by atoms with van der Waals surface area (Å²) in [7, 11) is 0. The summed E-state index contributed by atoms with van der Waals surface area (Å²) in [6.07, 6.45) is 2.77. The fraction of sp³-hybridized carbons (Fsp3) is 0.312. The van der Waals surface area contributed by atoms with Crippen molar-refractivity contribution in [2.75, 3.05) is 0 Å². The number of hydrogen-bond acceptors (Lipinski definition) is 7. The molecule has 0 atom stereocenters. The van der Waals surface area contributed by atoms with Gasteiger partial charge in [0.05, 0.1) is 15.6 Å². The highest BCUT2D eigenvalue weighted by Gasteiger charge is 2.39. The summed E-state index contributed by atoms with van der Waals surface area (Å²) in [6, 6.07) is 6.78. The van der Waals surface area contributed by atoms with E-state index in [4.69, 9.17) is 42.7 Å². The third-order valence-electron chi connectivity index (χ3n) is 4.17. The van der Waals surface area contributed by atoms with E-state index in [1.165, 1.54) is 0 Å². The van der Waals surface area contributed by atoms with E-state index in [1.807, 2.05) is 0 Å². The molecule has 0 unspecified atom stereocenters. The van der Waals surface area contributed by atoms with Crippen molar-refractivity contribution in [1.82, 2.24) is 15.3 Å². The molecule has 4 rings (SSSR count). The van der Waals surface area contributed by atoms with Crippen LogP contribution in [-0.2, 0) is 12.1 Å². The van der Waals surface area contributed by atoms with Gasteiger partial charge in [-0.3, -0.25) is 0 Å². The van der Waals surface area contributed by atoms with Gasteiger partial charge >= 0.3 is 0 Å². The van der Waals surface area contributed by atoms with Gasteiger partial charge in [-0.05, 0) is 31.4 Å². The second-order valence-corrected chi connectivity index (χ2v) is 6.77. The van der Waals surface area contributed by atoms with Gasteiger partial charge in [-0.2, -0.15) is 4.98 Å². The lowest BCUT2D eigenvalue weighted by molar-refractivity contribution is 0.229. The first-order chi connectivity index (χ1) is 12.0. The number of para-hydroxylation sites is 1. The summed E-state index contributed by atoms with van der Waals surface area (Å²) in [5.41, 5.74) is 6.12. The van der Waals surface area contributed by atoms with Crippen molar-refractivity contribution in [3.8, 4) is 17.3 Å². The number of nitrogens with zero attached hydrogens (tertiary/aromatic N) is 3. The maximum absolute atomic E-state index is 6.19. The van der Waals surface area contributed by atoms with Crippen molar-refractivity contribution in [3.05, 3.63) is 45.9 Å². The lowest BCUT2D eigenvalue weighted by atomic mass is 9.77. The lowest BCUT2D eigenvalue weighted by Gasteiger charge is -2.34. The van der Waals surface area contributed by atoms with Crippen LogP contribution in [0.2, 0.25) is 10.0 Å². The lowest BCUT2D eigenvalue weighted by Crippen LogP contribution is -2.44. The van der Waals surface area contributed by atoms with Crippen molar-refractivity contribution in [2.45, 2.75) is 31.4 Å². The molecule has 0 radical (unpaired) electrons.